The van der Waals surface area contributed by atoms with Crippen molar-refractivity contribution in [3.05, 3.63) is 12.7 Å². The van der Waals surface area contributed by atoms with Crippen molar-refractivity contribution in [2.24, 2.45) is 0 Å². The van der Waals surface area contributed by atoms with Crippen LogP contribution in [-0.4, -0.2) is 35.1 Å². The number of carbonyl (C=O) groups is 2. The monoisotopic (exact) mass is 317 g/mol. The molecule has 1 N–H and O–H groups in total. The molecular weight excluding hydrogens is 304 g/mol. The number of carbonyl (C=O) groups excluding carboxylic acids is 2. The molecule has 0 fully saturated rings. The molecule has 0 bridgehead atoms. The molecule has 0 aromatic heterocycles. The Morgan fingerprint density at radius 2 is 2.00 bits per heavy atom. The first-order chi connectivity index (χ1) is 8.30. The first kappa shape index (κ1) is 17.4. The molecular formula is C10H14Cl3NO4. The topological polar surface area (TPSA) is 64.6 Å². The van der Waals surface area contributed by atoms with Gasteiger partial charge in [-0.3, -0.25) is 0 Å². The Kier molecular flexibility index (Phi) is 8.15. The number of rotatable bonds is 6. The van der Waals surface area contributed by atoms with Gasteiger partial charge in [0.15, 0.2) is 0 Å². The fourth-order valence-electron chi connectivity index (χ4n) is 0.955. The summed E-state index contributed by atoms with van der Waals surface area (Å²) in [7, 11) is 0. The van der Waals surface area contributed by atoms with Crippen molar-refractivity contribution in [1.82, 2.24) is 5.32 Å². The van der Waals surface area contributed by atoms with E-state index in [1.165, 1.54) is 6.08 Å². The molecule has 1 amide bonds. The van der Waals surface area contributed by atoms with Crippen LogP contribution >= 0.6 is 34.8 Å². The van der Waals surface area contributed by atoms with E-state index in [0.717, 1.165) is 0 Å². The van der Waals surface area contributed by atoms with E-state index in [1.807, 2.05) is 0 Å². The molecule has 0 aliphatic carbocycles. The van der Waals surface area contributed by atoms with Crippen LogP contribution in [0.4, 0.5) is 4.79 Å². The van der Waals surface area contributed by atoms with Gasteiger partial charge in [0.1, 0.15) is 12.6 Å². The zero-order chi connectivity index (χ0) is 14.2. The van der Waals surface area contributed by atoms with Crippen LogP contribution in [0.15, 0.2) is 12.7 Å². The summed E-state index contributed by atoms with van der Waals surface area (Å²) in [6, 6.07) is -0.870. The predicted octanol–water partition coefficient (Wildman–Crippen LogP) is 2.59. The third-order valence-corrected chi connectivity index (χ3v) is 1.96. The Labute approximate surface area is 120 Å². The molecule has 0 heterocycles. The largest absolute Gasteiger partial charge is 0.464 e. The summed E-state index contributed by atoms with van der Waals surface area (Å²) in [6.45, 7) is 4.91. The average Bonchev–Trinajstić information content (AvgIpc) is 2.25. The normalized spacial score (nSPS) is 12.4. The smallest absolute Gasteiger partial charge is 0.408 e. The quantitative estimate of drug-likeness (QED) is 0.464. The summed E-state index contributed by atoms with van der Waals surface area (Å²) in [4.78, 5) is 22.8. The molecule has 5 nitrogen and oxygen atoms in total. The minimum Gasteiger partial charge on any atom is -0.464 e. The standard InChI is InChI=1S/C10H14Cl3NO4/c1-3-5-7(8(15)17-4-2)14-9(16)18-6-10(11,12)13/h3,7H,1,4-6H2,2H3,(H,14,16)/t7-/m1/s1. The Morgan fingerprint density at radius 3 is 2.44 bits per heavy atom. The van der Waals surface area contributed by atoms with Crippen LogP contribution in [0.1, 0.15) is 13.3 Å². The van der Waals surface area contributed by atoms with Crippen LogP contribution in [0.2, 0.25) is 0 Å². The third kappa shape index (κ3) is 8.44. The summed E-state index contributed by atoms with van der Waals surface area (Å²) in [5.74, 6) is -0.580. The van der Waals surface area contributed by atoms with Gasteiger partial charge in [0, 0.05) is 0 Å². The highest BCUT2D eigenvalue weighted by molar-refractivity contribution is 6.67. The highest BCUT2D eigenvalue weighted by Crippen LogP contribution is 2.25. The van der Waals surface area contributed by atoms with Crippen LogP contribution in [0.5, 0.6) is 0 Å². The zero-order valence-corrected chi connectivity index (χ0v) is 12.0. The molecule has 0 rings (SSSR count). The second-order valence-corrected chi connectivity index (χ2v) is 5.68. The highest BCUT2D eigenvalue weighted by Gasteiger charge is 2.25. The van der Waals surface area contributed by atoms with Gasteiger partial charge in [-0.15, -0.1) is 6.58 Å². The molecule has 0 aliphatic rings. The van der Waals surface area contributed by atoms with Gasteiger partial charge in [0.25, 0.3) is 0 Å². The van der Waals surface area contributed by atoms with E-state index in [2.05, 4.69) is 16.6 Å². The lowest BCUT2D eigenvalue weighted by atomic mass is 10.2. The van der Waals surface area contributed by atoms with Crippen molar-refractivity contribution in [3.8, 4) is 0 Å². The van der Waals surface area contributed by atoms with Gasteiger partial charge in [-0.1, -0.05) is 40.9 Å². The summed E-state index contributed by atoms with van der Waals surface area (Å²) in [5, 5.41) is 2.29. The zero-order valence-electron chi connectivity index (χ0n) is 9.75. The number of esters is 1. The van der Waals surface area contributed by atoms with Gasteiger partial charge in [0.2, 0.25) is 3.79 Å². The Balaban J connectivity index is 4.27. The minimum atomic E-state index is -1.70. The maximum absolute atomic E-state index is 11.5. The van der Waals surface area contributed by atoms with Crippen molar-refractivity contribution in [2.75, 3.05) is 13.2 Å². The molecule has 0 saturated heterocycles. The Bertz CT molecular complexity index is 304. The average molecular weight is 319 g/mol. The maximum atomic E-state index is 11.5. The lowest BCUT2D eigenvalue weighted by Gasteiger charge is -2.17. The molecule has 0 aromatic rings. The van der Waals surface area contributed by atoms with Gasteiger partial charge in [0.05, 0.1) is 6.61 Å². The molecule has 0 radical (unpaired) electrons. The summed E-state index contributed by atoms with van der Waals surface area (Å²) < 4.78 is 7.69. The van der Waals surface area contributed by atoms with E-state index in [-0.39, 0.29) is 13.0 Å². The van der Waals surface area contributed by atoms with Crippen LogP contribution in [0.25, 0.3) is 0 Å². The fraction of sp³-hybridized carbons (Fsp3) is 0.600. The number of halogens is 3. The second-order valence-electron chi connectivity index (χ2n) is 3.16. The van der Waals surface area contributed by atoms with Crippen LogP contribution < -0.4 is 5.32 Å². The first-order valence-corrected chi connectivity index (χ1v) is 6.21. The van der Waals surface area contributed by atoms with Crippen molar-refractivity contribution < 1.29 is 19.1 Å². The molecule has 8 heteroatoms. The first-order valence-electron chi connectivity index (χ1n) is 5.07. The van der Waals surface area contributed by atoms with Crippen molar-refractivity contribution in [2.45, 2.75) is 23.2 Å². The lowest BCUT2D eigenvalue weighted by Crippen LogP contribution is -2.42. The Morgan fingerprint density at radius 1 is 1.39 bits per heavy atom. The molecule has 0 unspecified atom stereocenters. The number of hydrogen-bond donors (Lipinski definition) is 1. The highest BCUT2D eigenvalue weighted by atomic mass is 35.6. The molecule has 104 valence electrons. The molecule has 18 heavy (non-hydrogen) atoms. The van der Waals surface area contributed by atoms with E-state index in [9.17, 15) is 9.59 Å². The second kappa shape index (κ2) is 8.45. The van der Waals surface area contributed by atoms with E-state index in [4.69, 9.17) is 39.5 Å². The SMILES string of the molecule is C=CC[C@@H](NC(=O)OCC(Cl)(Cl)Cl)C(=O)OCC. The molecule has 0 saturated carbocycles. The van der Waals surface area contributed by atoms with Crippen molar-refractivity contribution in [3.63, 3.8) is 0 Å². The van der Waals surface area contributed by atoms with Gasteiger partial charge in [-0.05, 0) is 13.3 Å². The van der Waals surface area contributed by atoms with Crippen LogP contribution in [0.3, 0.4) is 0 Å². The fourth-order valence-corrected chi connectivity index (χ4v) is 1.12. The number of ether oxygens (including phenoxy) is 2. The Hall–Kier alpha value is -0.650. The van der Waals surface area contributed by atoms with E-state index in [0.29, 0.717) is 0 Å². The van der Waals surface area contributed by atoms with E-state index in [1.54, 1.807) is 6.92 Å². The lowest BCUT2D eigenvalue weighted by molar-refractivity contribution is -0.145. The molecule has 0 aromatic carbocycles. The number of alkyl halides is 3. The van der Waals surface area contributed by atoms with Gasteiger partial charge in [-0.25, -0.2) is 9.59 Å². The van der Waals surface area contributed by atoms with Crippen LogP contribution in [-0.2, 0) is 14.3 Å². The molecule has 0 aliphatic heterocycles. The summed E-state index contributed by atoms with van der Waals surface area (Å²) in [5.41, 5.74) is 0. The number of hydrogen-bond acceptors (Lipinski definition) is 4. The van der Waals surface area contributed by atoms with Crippen molar-refractivity contribution >= 4 is 46.9 Å². The third-order valence-electron chi connectivity index (χ3n) is 1.63. The molecule has 1 atom stereocenters. The predicted molar refractivity (Wildman–Crippen MR) is 70.0 cm³/mol. The number of nitrogens with one attached hydrogen (secondary N) is 1. The minimum absolute atomic E-state index is 0.206. The summed E-state index contributed by atoms with van der Waals surface area (Å²) >= 11 is 16.2. The number of alkyl carbamates (subject to hydrolysis) is 1. The molecule has 0 spiro atoms. The maximum Gasteiger partial charge on any atom is 0.408 e. The van der Waals surface area contributed by atoms with Crippen LogP contribution in [0, 0.1) is 0 Å². The summed E-state index contributed by atoms with van der Waals surface area (Å²) in [6.07, 6.45) is 0.805. The van der Waals surface area contributed by atoms with E-state index < -0.39 is 28.5 Å². The number of amides is 1. The van der Waals surface area contributed by atoms with Gasteiger partial charge < -0.3 is 14.8 Å². The van der Waals surface area contributed by atoms with Gasteiger partial charge >= 0.3 is 12.1 Å². The van der Waals surface area contributed by atoms with Crippen molar-refractivity contribution in [1.29, 1.82) is 0 Å². The van der Waals surface area contributed by atoms with Gasteiger partial charge in [-0.2, -0.15) is 0 Å². The van der Waals surface area contributed by atoms with E-state index >= 15 is 0 Å².